The SMILES string of the molecule is C=C1Cc2ccc3c(c2CNCCc2cc4c(cc21)CCC4)OCO3. The first kappa shape index (κ1) is 15.0. The van der Waals surface area contributed by atoms with E-state index >= 15 is 0 Å². The fourth-order valence-electron chi connectivity index (χ4n) is 4.40. The van der Waals surface area contributed by atoms with Crippen molar-refractivity contribution in [3.8, 4) is 11.5 Å². The number of hydrogen-bond acceptors (Lipinski definition) is 3. The molecule has 3 aliphatic rings. The van der Waals surface area contributed by atoms with Crippen molar-refractivity contribution in [3.63, 3.8) is 0 Å². The second kappa shape index (κ2) is 5.92. The van der Waals surface area contributed by atoms with Crippen LogP contribution in [-0.2, 0) is 32.2 Å². The molecule has 2 aliphatic heterocycles. The quantitative estimate of drug-likeness (QED) is 0.795. The highest BCUT2D eigenvalue weighted by molar-refractivity contribution is 5.71. The van der Waals surface area contributed by atoms with Gasteiger partial charge in [-0.3, -0.25) is 0 Å². The smallest absolute Gasteiger partial charge is 0.231 e. The largest absolute Gasteiger partial charge is 0.454 e. The molecule has 5 rings (SSSR count). The van der Waals surface area contributed by atoms with Crippen LogP contribution in [0.1, 0.15) is 39.8 Å². The van der Waals surface area contributed by atoms with Crippen molar-refractivity contribution < 1.29 is 9.47 Å². The molecule has 0 amide bonds. The number of fused-ring (bicyclic) bond motifs is 5. The number of rotatable bonds is 0. The Morgan fingerprint density at radius 1 is 0.920 bits per heavy atom. The maximum atomic E-state index is 5.74. The molecule has 0 radical (unpaired) electrons. The summed E-state index contributed by atoms with van der Waals surface area (Å²) in [4.78, 5) is 0. The minimum Gasteiger partial charge on any atom is -0.454 e. The summed E-state index contributed by atoms with van der Waals surface area (Å²) in [5.41, 5.74) is 9.60. The average Bonchev–Trinajstić information content (AvgIpc) is 3.27. The van der Waals surface area contributed by atoms with Crippen molar-refractivity contribution >= 4 is 5.57 Å². The molecule has 0 saturated heterocycles. The van der Waals surface area contributed by atoms with Crippen molar-refractivity contribution in [1.82, 2.24) is 5.32 Å². The van der Waals surface area contributed by atoms with E-state index in [2.05, 4.69) is 30.1 Å². The van der Waals surface area contributed by atoms with Crippen LogP contribution in [0.25, 0.3) is 5.57 Å². The van der Waals surface area contributed by atoms with Gasteiger partial charge in [0.25, 0.3) is 0 Å². The Morgan fingerprint density at radius 3 is 2.72 bits per heavy atom. The lowest BCUT2D eigenvalue weighted by molar-refractivity contribution is 0.173. The van der Waals surface area contributed by atoms with Crippen LogP contribution in [0.5, 0.6) is 11.5 Å². The molecule has 25 heavy (non-hydrogen) atoms. The van der Waals surface area contributed by atoms with E-state index in [4.69, 9.17) is 9.47 Å². The van der Waals surface area contributed by atoms with Crippen molar-refractivity contribution in [1.29, 1.82) is 0 Å². The minimum absolute atomic E-state index is 0.321. The summed E-state index contributed by atoms with van der Waals surface area (Å²) in [5, 5.41) is 3.60. The Balaban J connectivity index is 1.57. The molecular weight excluding hydrogens is 310 g/mol. The van der Waals surface area contributed by atoms with E-state index < -0.39 is 0 Å². The van der Waals surface area contributed by atoms with Crippen LogP contribution in [0, 0.1) is 0 Å². The summed E-state index contributed by atoms with van der Waals surface area (Å²) >= 11 is 0. The molecule has 2 aromatic rings. The van der Waals surface area contributed by atoms with Gasteiger partial charge in [0.05, 0.1) is 0 Å². The molecule has 0 bridgehead atoms. The normalized spacial score (nSPS) is 18.5. The zero-order valence-electron chi connectivity index (χ0n) is 14.5. The summed E-state index contributed by atoms with van der Waals surface area (Å²) in [6.45, 7) is 6.55. The van der Waals surface area contributed by atoms with Crippen molar-refractivity contribution in [2.24, 2.45) is 0 Å². The summed E-state index contributed by atoms with van der Waals surface area (Å²) in [5.74, 6) is 1.77. The molecule has 1 aliphatic carbocycles. The number of hydrogen-bond donors (Lipinski definition) is 1. The fourth-order valence-corrected chi connectivity index (χ4v) is 4.40. The van der Waals surface area contributed by atoms with E-state index in [0.29, 0.717) is 6.79 Å². The molecule has 0 atom stereocenters. The van der Waals surface area contributed by atoms with Gasteiger partial charge in [0.1, 0.15) is 0 Å². The third-order valence-electron chi connectivity index (χ3n) is 5.71. The first-order chi connectivity index (χ1) is 12.3. The minimum atomic E-state index is 0.321. The number of aryl methyl sites for hydroxylation is 2. The van der Waals surface area contributed by atoms with Gasteiger partial charge in [0.15, 0.2) is 11.5 Å². The average molecular weight is 333 g/mol. The first-order valence-electron chi connectivity index (χ1n) is 9.23. The van der Waals surface area contributed by atoms with Gasteiger partial charge in [-0.05, 0) is 78.1 Å². The second-order valence-electron chi connectivity index (χ2n) is 7.28. The number of benzene rings is 2. The number of ether oxygens (including phenoxy) is 2. The van der Waals surface area contributed by atoms with Crippen LogP contribution in [-0.4, -0.2) is 13.3 Å². The highest BCUT2D eigenvalue weighted by Gasteiger charge is 2.23. The molecule has 0 aromatic heterocycles. The zero-order chi connectivity index (χ0) is 16.8. The maximum Gasteiger partial charge on any atom is 0.231 e. The molecule has 0 saturated carbocycles. The lowest BCUT2D eigenvalue weighted by Gasteiger charge is -2.20. The first-order valence-corrected chi connectivity index (χ1v) is 9.23. The molecule has 1 N–H and O–H groups in total. The van der Waals surface area contributed by atoms with Gasteiger partial charge in [-0.2, -0.15) is 0 Å². The third-order valence-corrected chi connectivity index (χ3v) is 5.71. The third kappa shape index (κ3) is 2.54. The van der Waals surface area contributed by atoms with Gasteiger partial charge in [0.2, 0.25) is 6.79 Å². The van der Waals surface area contributed by atoms with Gasteiger partial charge in [-0.25, -0.2) is 0 Å². The molecule has 2 heterocycles. The zero-order valence-corrected chi connectivity index (χ0v) is 14.5. The Labute approximate surface area is 148 Å². The van der Waals surface area contributed by atoms with Crippen molar-refractivity contribution in [2.75, 3.05) is 13.3 Å². The molecule has 0 fully saturated rings. The molecule has 0 spiro atoms. The van der Waals surface area contributed by atoms with Crippen LogP contribution in [0.3, 0.4) is 0 Å². The highest BCUT2D eigenvalue weighted by atomic mass is 16.7. The van der Waals surface area contributed by atoms with E-state index in [1.807, 2.05) is 6.07 Å². The monoisotopic (exact) mass is 333 g/mol. The summed E-state index contributed by atoms with van der Waals surface area (Å²) in [6, 6.07) is 9.05. The van der Waals surface area contributed by atoms with Crippen LogP contribution >= 0.6 is 0 Å². The van der Waals surface area contributed by atoms with Crippen LogP contribution in [0.4, 0.5) is 0 Å². The predicted molar refractivity (Wildman–Crippen MR) is 99.2 cm³/mol. The highest BCUT2D eigenvalue weighted by Crippen LogP contribution is 2.39. The molecule has 2 aromatic carbocycles. The maximum absolute atomic E-state index is 5.74. The number of allylic oxidation sites excluding steroid dienone is 1. The van der Waals surface area contributed by atoms with E-state index in [0.717, 1.165) is 37.4 Å². The van der Waals surface area contributed by atoms with E-state index in [1.165, 1.54) is 52.7 Å². The summed E-state index contributed by atoms with van der Waals surface area (Å²) in [7, 11) is 0. The van der Waals surface area contributed by atoms with Crippen molar-refractivity contribution in [2.45, 2.75) is 38.6 Å². The van der Waals surface area contributed by atoms with Crippen molar-refractivity contribution in [3.05, 3.63) is 64.2 Å². The van der Waals surface area contributed by atoms with E-state index in [-0.39, 0.29) is 0 Å². The van der Waals surface area contributed by atoms with E-state index in [9.17, 15) is 0 Å². The van der Waals surface area contributed by atoms with Gasteiger partial charge in [-0.1, -0.05) is 24.8 Å². The van der Waals surface area contributed by atoms with Gasteiger partial charge < -0.3 is 14.8 Å². The molecule has 128 valence electrons. The Hall–Kier alpha value is -2.26. The van der Waals surface area contributed by atoms with Gasteiger partial charge >= 0.3 is 0 Å². The van der Waals surface area contributed by atoms with Crippen LogP contribution in [0.15, 0.2) is 30.8 Å². The van der Waals surface area contributed by atoms with Gasteiger partial charge in [0, 0.05) is 12.1 Å². The Kier molecular flexibility index (Phi) is 3.56. The molecular formula is C22H23NO2. The molecule has 0 unspecified atom stereocenters. The standard InChI is InChI=1S/C22H23NO2/c1-14-9-17-5-6-21-22(25-13-24-21)20(17)12-23-8-7-18-10-15-3-2-4-16(15)11-19(14)18/h5-6,10-11,23H,1-4,7-9,12-13H2. The number of nitrogens with one attached hydrogen (secondary N) is 1. The van der Waals surface area contributed by atoms with Crippen LogP contribution < -0.4 is 14.8 Å². The fraction of sp³-hybridized carbons (Fsp3) is 0.364. The molecule has 3 heteroatoms. The second-order valence-corrected chi connectivity index (χ2v) is 7.28. The van der Waals surface area contributed by atoms with Crippen LogP contribution in [0.2, 0.25) is 0 Å². The Bertz CT molecular complexity index is 869. The Morgan fingerprint density at radius 2 is 1.80 bits per heavy atom. The lowest BCUT2D eigenvalue weighted by atomic mass is 9.88. The van der Waals surface area contributed by atoms with Gasteiger partial charge in [-0.15, -0.1) is 0 Å². The summed E-state index contributed by atoms with van der Waals surface area (Å²) in [6.07, 6.45) is 5.64. The topological polar surface area (TPSA) is 30.5 Å². The summed E-state index contributed by atoms with van der Waals surface area (Å²) < 4.78 is 11.3. The molecule has 3 nitrogen and oxygen atoms in total. The van der Waals surface area contributed by atoms with E-state index in [1.54, 1.807) is 5.56 Å². The lowest BCUT2D eigenvalue weighted by Crippen LogP contribution is -2.20. The predicted octanol–water partition coefficient (Wildman–Crippen LogP) is 3.81.